The van der Waals surface area contributed by atoms with Crippen molar-refractivity contribution in [1.29, 1.82) is 0 Å². The van der Waals surface area contributed by atoms with E-state index < -0.39 is 11.9 Å². The van der Waals surface area contributed by atoms with Crippen LogP contribution in [0.15, 0.2) is 24.3 Å². The Kier molecular flexibility index (Phi) is 4.12. The van der Waals surface area contributed by atoms with Gasteiger partial charge in [0, 0.05) is 0 Å². The molecule has 1 amide bonds. The van der Waals surface area contributed by atoms with Crippen LogP contribution in [0.2, 0.25) is 0 Å². The molecule has 1 aromatic rings. The van der Waals surface area contributed by atoms with E-state index >= 15 is 0 Å². The number of amides is 1. The summed E-state index contributed by atoms with van der Waals surface area (Å²) in [6.07, 6.45) is 0. The minimum absolute atomic E-state index is 0.0607. The molecule has 1 rings (SSSR count). The summed E-state index contributed by atoms with van der Waals surface area (Å²) < 4.78 is 5.44. The third-order valence-electron chi connectivity index (χ3n) is 2.50. The van der Waals surface area contributed by atoms with Crippen LogP contribution in [0.25, 0.3) is 0 Å². The van der Waals surface area contributed by atoms with E-state index in [1.54, 1.807) is 0 Å². The average Bonchev–Trinajstić information content (AvgIpc) is 2.25. The lowest BCUT2D eigenvalue weighted by Crippen LogP contribution is -2.41. The summed E-state index contributed by atoms with van der Waals surface area (Å²) >= 11 is 0. The van der Waals surface area contributed by atoms with E-state index in [4.69, 9.17) is 16.2 Å². The molecule has 4 nitrogen and oxygen atoms in total. The zero-order valence-electron chi connectivity index (χ0n) is 10.6. The molecule has 4 N–H and O–H groups in total. The summed E-state index contributed by atoms with van der Waals surface area (Å²) in [7, 11) is 0. The minimum Gasteiger partial charge on any atom is -0.491 e. The number of nitrogens with two attached hydrogens (primary N) is 2. The molecule has 1 unspecified atom stereocenters. The van der Waals surface area contributed by atoms with Gasteiger partial charge in [0.25, 0.3) is 0 Å². The van der Waals surface area contributed by atoms with Gasteiger partial charge in [-0.25, -0.2) is 0 Å². The Bertz CT molecular complexity index is 397. The van der Waals surface area contributed by atoms with Gasteiger partial charge >= 0.3 is 0 Å². The molecule has 0 heterocycles. The lowest BCUT2D eigenvalue weighted by molar-refractivity contribution is -0.119. The second kappa shape index (κ2) is 5.19. The van der Waals surface area contributed by atoms with E-state index in [1.165, 1.54) is 5.56 Å². The number of rotatable bonds is 4. The molecule has 17 heavy (non-hydrogen) atoms. The fourth-order valence-electron chi connectivity index (χ4n) is 1.32. The fraction of sp³-hybridized carbons (Fsp3) is 0.462. The van der Waals surface area contributed by atoms with Crippen LogP contribution in [0.1, 0.15) is 26.3 Å². The summed E-state index contributed by atoms with van der Waals surface area (Å²) in [5.74, 6) is 0.145. The van der Waals surface area contributed by atoms with Crippen molar-refractivity contribution in [2.45, 2.75) is 32.2 Å². The van der Waals surface area contributed by atoms with Gasteiger partial charge in [-0.2, -0.15) is 0 Å². The lowest BCUT2D eigenvalue weighted by Gasteiger charge is -2.20. The third kappa shape index (κ3) is 4.07. The molecule has 0 aliphatic carbocycles. The van der Waals surface area contributed by atoms with Crippen LogP contribution >= 0.6 is 0 Å². The molecular weight excluding hydrogens is 216 g/mol. The zero-order valence-corrected chi connectivity index (χ0v) is 10.6. The molecular formula is C13H20N2O2. The predicted molar refractivity (Wildman–Crippen MR) is 67.8 cm³/mol. The predicted octanol–water partition coefficient (Wildman–Crippen LogP) is 1.18. The quantitative estimate of drug-likeness (QED) is 0.823. The first-order chi connectivity index (χ1) is 7.80. The maximum atomic E-state index is 10.8. The Hall–Kier alpha value is -1.55. The van der Waals surface area contributed by atoms with Crippen LogP contribution in [0.4, 0.5) is 0 Å². The summed E-state index contributed by atoms with van der Waals surface area (Å²) in [6.45, 7) is 6.48. The molecule has 1 atom stereocenters. The van der Waals surface area contributed by atoms with E-state index in [0.717, 1.165) is 0 Å². The first kappa shape index (κ1) is 13.5. The molecule has 0 aromatic heterocycles. The molecule has 0 saturated carbocycles. The molecule has 0 radical (unpaired) electrons. The largest absolute Gasteiger partial charge is 0.491 e. The number of hydrogen-bond acceptors (Lipinski definition) is 3. The Balaban J connectivity index is 2.70. The van der Waals surface area contributed by atoms with Crippen LogP contribution in [0.3, 0.4) is 0 Å². The van der Waals surface area contributed by atoms with Crippen LogP contribution < -0.4 is 16.2 Å². The molecule has 0 fully saturated rings. The van der Waals surface area contributed by atoms with E-state index in [2.05, 4.69) is 20.8 Å². The Labute approximate surface area is 102 Å². The Morgan fingerprint density at radius 3 is 2.59 bits per heavy atom. The van der Waals surface area contributed by atoms with E-state index in [1.807, 2.05) is 24.3 Å². The Morgan fingerprint density at radius 1 is 1.41 bits per heavy atom. The van der Waals surface area contributed by atoms with Crippen LogP contribution in [-0.2, 0) is 10.2 Å². The zero-order chi connectivity index (χ0) is 13.1. The van der Waals surface area contributed by atoms with Crippen molar-refractivity contribution in [1.82, 2.24) is 0 Å². The number of ether oxygens (including phenoxy) is 1. The summed E-state index contributed by atoms with van der Waals surface area (Å²) in [4.78, 5) is 10.8. The van der Waals surface area contributed by atoms with Crippen molar-refractivity contribution in [2.75, 3.05) is 6.61 Å². The van der Waals surface area contributed by atoms with Crippen molar-refractivity contribution in [3.8, 4) is 5.75 Å². The molecule has 0 aliphatic heterocycles. The van der Waals surface area contributed by atoms with Crippen LogP contribution in [0, 0.1) is 0 Å². The highest BCUT2D eigenvalue weighted by molar-refractivity contribution is 5.79. The smallest absolute Gasteiger partial charge is 0.237 e. The van der Waals surface area contributed by atoms with Crippen molar-refractivity contribution in [3.63, 3.8) is 0 Å². The Morgan fingerprint density at radius 2 is 2.06 bits per heavy atom. The fourth-order valence-corrected chi connectivity index (χ4v) is 1.32. The number of carbonyl (C=O) groups is 1. The van der Waals surface area contributed by atoms with Gasteiger partial charge in [-0.1, -0.05) is 32.9 Å². The molecule has 0 saturated heterocycles. The monoisotopic (exact) mass is 236 g/mol. The highest BCUT2D eigenvalue weighted by Crippen LogP contribution is 2.25. The SMILES string of the molecule is CC(C)(C)c1cccc(OCC(N)C(N)=O)c1. The highest BCUT2D eigenvalue weighted by atomic mass is 16.5. The van der Waals surface area contributed by atoms with Gasteiger partial charge in [-0.15, -0.1) is 0 Å². The van der Waals surface area contributed by atoms with Crippen LogP contribution in [-0.4, -0.2) is 18.6 Å². The molecule has 0 aliphatic rings. The van der Waals surface area contributed by atoms with Crippen LogP contribution in [0.5, 0.6) is 5.75 Å². The van der Waals surface area contributed by atoms with Gasteiger partial charge < -0.3 is 16.2 Å². The number of primary amides is 1. The van der Waals surface area contributed by atoms with Gasteiger partial charge in [-0.3, -0.25) is 4.79 Å². The second-order valence-electron chi connectivity index (χ2n) is 5.10. The van der Waals surface area contributed by atoms with Crippen molar-refractivity contribution in [3.05, 3.63) is 29.8 Å². The number of hydrogen-bond donors (Lipinski definition) is 2. The van der Waals surface area contributed by atoms with Crippen molar-refractivity contribution in [2.24, 2.45) is 11.5 Å². The van der Waals surface area contributed by atoms with Crippen molar-refractivity contribution < 1.29 is 9.53 Å². The maximum absolute atomic E-state index is 10.8. The molecule has 94 valence electrons. The molecule has 0 bridgehead atoms. The van der Waals surface area contributed by atoms with Gasteiger partial charge in [0.15, 0.2) is 0 Å². The summed E-state index contributed by atoms with van der Waals surface area (Å²) in [5.41, 5.74) is 11.8. The van der Waals surface area contributed by atoms with E-state index in [-0.39, 0.29) is 12.0 Å². The third-order valence-corrected chi connectivity index (χ3v) is 2.50. The van der Waals surface area contributed by atoms with E-state index in [0.29, 0.717) is 5.75 Å². The highest BCUT2D eigenvalue weighted by Gasteiger charge is 2.15. The first-order valence-corrected chi connectivity index (χ1v) is 5.59. The maximum Gasteiger partial charge on any atom is 0.237 e. The first-order valence-electron chi connectivity index (χ1n) is 5.59. The van der Waals surface area contributed by atoms with E-state index in [9.17, 15) is 4.79 Å². The minimum atomic E-state index is -0.770. The summed E-state index contributed by atoms with van der Waals surface area (Å²) in [5, 5.41) is 0. The second-order valence-corrected chi connectivity index (χ2v) is 5.10. The van der Waals surface area contributed by atoms with Gasteiger partial charge in [-0.05, 0) is 23.1 Å². The molecule has 1 aromatic carbocycles. The normalized spacial score (nSPS) is 13.2. The number of carbonyl (C=O) groups excluding carboxylic acids is 1. The number of benzene rings is 1. The summed E-state index contributed by atoms with van der Waals surface area (Å²) in [6, 6.07) is 6.98. The van der Waals surface area contributed by atoms with Gasteiger partial charge in [0.1, 0.15) is 18.4 Å². The van der Waals surface area contributed by atoms with Gasteiger partial charge in [0.05, 0.1) is 0 Å². The lowest BCUT2D eigenvalue weighted by atomic mass is 9.87. The molecule has 0 spiro atoms. The molecule has 4 heteroatoms. The van der Waals surface area contributed by atoms with Crippen molar-refractivity contribution >= 4 is 5.91 Å². The van der Waals surface area contributed by atoms with Gasteiger partial charge in [0.2, 0.25) is 5.91 Å². The average molecular weight is 236 g/mol. The standard InChI is InChI=1S/C13H20N2O2/c1-13(2,3)9-5-4-6-10(7-9)17-8-11(14)12(15)16/h4-7,11H,8,14H2,1-3H3,(H2,15,16). The topological polar surface area (TPSA) is 78.3 Å².